The molecule has 1 saturated carbocycles. The Morgan fingerprint density at radius 2 is 2.05 bits per heavy atom. The molecule has 2 nitrogen and oxygen atoms in total. The maximum Gasteiger partial charge on any atom is 0.124 e. The first kappa shape index (κ1) is 16.6. The summed E-state index contributed by atoms with van der Waals surface area (Å²) in [6.45, 7) is 9.60. The van der Waals surface area contributed by atoms with E-state index in [-0.39, 0.29) is 5.54 Å². The van der Waals surface area contributed by atoms with Crippen LogP contribution in [0.5, 0.6) is 5.75 Å². The van der Waals surface area contributed by atoms with Crippen LogP contribution < -0.4 is 10.1 Å². The molecule has 2 rings (SSSR count). The van der Waals surface area contributed by atoms with Crippen molar-refractivity contribution in [1.29, 1.82) is 0 Å². The summed E-state index contributed by atoms with van der Waals surface area (Å²) in [7, 11) is 0. The first-order valence-electron chi connectivity index (χ1n) is 8.03. The van der Waals surface area contributed by atoms with Crippen LogP contribution in [0, 0.1) is 5.92 Å². The topological polar surface area (TPSA) is 21.3 Å². The van der Waals surface area contributed by atoms with Crippen LogP contribution in [0.2, 0.25) is 5.02 Å². The third-order valence-electron chi connectivity index (χ3n) is 4.01. The molecule has 0 spiro atoms. The fourth-order valence-corrected chi connectivity index (χ4v) is 3.02. The van der Waals surface area contributed by atoms with Gasteiger partial charge < -0.3 is 10.1 Å². The zero-order valence-corrected chi connectivity index (χ0v) is 14.5. The molecule has 1 aliphatic carbocycles. The van der Waals surface area contributed by atoms with Crippen LogP contribution in [0.25, 0.3) is 0 Å². The Morgan fingerprint density at radius 3 is 2.71 bits per heavy atom. The van der Waals surface area contributed by atoms with Gasteiger partial charge in [0.05, 0.1) is 6.10 Å². The number of halogens is 1. The molecule has 0 heterocycles. The predicted molar refractivity (Wildman–Crippen MR) is 90.1 cm³/mol. The van der Waals surface area contributed by atoms with Gasteiger partial charge in [-0.1, -0.05) is 24.9 Å². The molecule has 1 fully saturated rings. The number of benzene rings is 1. The van der Waals surface area contributed by atoms with Crippen molar-refractivity contribution in [2.24, 2.45) is 5.92 Å². The van der Waals surface area contributed by atoms with Crippen LogP contribution >= 0.6 is 11.6 Å². The fourth-order valence-electron chi connectivity index (χ4n) is 2.83. The first-order valence-corrected chi connectivity index (χ1v) is 8.41. The number of hydrogen-bond acceptors (Lipinski definition) is 2. The summed E-state index contributed by atoms with van der Waals surface area (Å²) in [6.07, 6.45) is 5.28. The summed E-state index contributed by atoms with van der Waals surface area (Å²) in [4.78, 5) is 0. The Kier molecular flexibility index (Phi) is 5.56. The molecule has 21 heavy (non-hydrogen) atoms. The highest BCUT2D eigenvalue weighted by atomic mass is 35.5. The number of ether oxygens (including phenoxy) is 1. The van der Waals surface area contributed by atoms with Gasteiger partial charge in [-0.05, 0) is 64.2 Å². The van der Waals surface area contributed by atoms with E-state index in [4.69, 9.17) is 16.3 Å². The van der Waals surface area contributed by atoms with Gasteiger partial charge in [0, 0.05) is 22.7 Å². The summed E-state index contributed by atoms with van der Waals surface area (Å²) in [5.74, 6) is 1.75. The molecule has 0 aromatic heterocycles. The van der Waals surface area contributed by atoms with E-state index >= 15 is 0 Å². The Bertz CT molecular complexity index is 467. The van der Waals surface area contributed by atoms with E-state index in [1.807, 2.05) is 18.2 Å². The lowest BCUT2D eigenvalue weighted by Crippen LogP contribution is -2.35. The first-order chi connectivity index (χ1) is 9.83. The Morgan fingerprint density at radius 1 is 1.29 bits per heavy atom. The van der Waals surface area contributed by atoms with Crippen molar-refractivity contribution >= 4 is 11.6 Å². The van der Waals surface area contributed by atoms with Gasteiger partial charge in [-0.15, -0.1) is 0 Å². The second-order valence-corrected chi connectivity index (χ2v) is 7.80. The SMILES string of the molecule is CC1CCCC(Oc2ccc(Cl)cc2CNC(C)(C)C)C1. The van der Waals surface area contributed by atoms with Gasteiger partial charge >= 0.3 is 0 Å². The second-order valence-electron chi connectivity index (χ2n) is 7.37. The molecule has 0 aliphatic heterocycles. The molecule has 2 atom stereocenters. The maximum atomic E-state index is 6.28. The zero-order valence-electron chi connectivity index (χ0n) is 13.7. The monoisotopic (exact) mass is 309 g/mol. The van der Waals surface area contributed by atoms with Gasteiger partial charge in [0.2, 0.25) is 0 Å². The third kappa shape index (κ3) is 5.52. The van der Waals surface area contributed by atoms with E-state index < -0.39 is 0 Å². The predicted octanol–water partition coefficient (Wildman–Crippen LogP) is 5.19. The van der Waals surface area contributed by atoms with Gasteiger partial charge in [0.25, 0.3) is 0 Å². The van der Waals surface area contributed by atoms with Crippen LogP contribution in [-0.4, -0.2) is 11.6 Å². The van der Waals surface area contributed by atoms with Gasteiger partial charge in [0.1, 0.15) is 5.75 Å². The maximum absolute atomic E-state index is 6.28. The van der Waals surface area contributed by atoms with Crippen LogP contribution in [0.4, 0.5) is 0 Å². The van der Waals surface area contributed by atoms with E-state index in [2.05, 4.69) is 33.0 Å². The van der Waals surface area contributed by atoms with Crippen molar-refractivity contribution in [3.63, 3.8) is 0 Å². The van der Waals surface area contributed by atoms with Gasteiger partial charge in [0.15, 0.2) is 0 Å². The fraction of sp³-hybridized carbons (Fsp3) is 0.667. The molecular weight excluding hydrogens is 282 g/mol. The number of rotatable bonds is 4. The molecule has 1 aliphatic rings. The molecule has 1 aromatic rings. The van der Waals surface area contributed by atoms with E-state index in [0.29, 0.717) is 6.10 Å². The lowest BCUT2D eigenvalue weighted by molar-refractivity contribution is 0.127. The highest BCUT2D eigenvalue weighted by Crippen LogP contribution is 2.30. The Balaban J connectivity index is 2.07. The lowest BCUT2D eigenvalue weighted by atomic mass is 9.88. The minimum atomic E-state index is 0.0823. The van der Waals surface area contributed by atoms with Crippen LogP contribution in [-0.2, 0) is 6.54 Å². The van der Waals surface area contributed by atoms with Crippen molar-refractivity contribution in [2.75, 3.05) is 0 Å². The summed E-state index contributed by atoms with van der Waals surface area (Å²) in [5, 5.41) is 4.28. The molecule has 1 N–H and O–H groups in total. The molecule has 118 valence electrons. The molecule has 2 unspecified atom stereocenters. The smallest absolute Gasteiger partial charge is 0.124 e. The lowest BCUT2D eigenvalue weighted by Gasteiger charge is -2.29. The van der Waals surface area contributed by atoms with Gasteiger partial charge in [-0.25, -0.2) is 0 Å². The average molecular weight is 310 g/mol. The molecule has 1 aromatic carbocycles. The van der Waals surface area contributed by atoms with Crippen LogP contribution in [0.15, 0.2) is 18.2 Å². The zero-order chi connectivity index (χ0) is 15.5. The van der Waals surface area contributed by atoms with Gasteiger partial charge in [-0.2, -0.15) is 0 Å². The third-order valence-corrected chi connectivity index (χ3v) is 4.25. The Hall–Kier alpha value is -0.730. The standard InChI is InChI=1S/C18H28ClNO/c1-13-6-5-7-16(10-13)21-17-9-8-15(19)11-14(17)12-20-18(2,3)4/h8-9,11,13,16,20H,5-7,10,12H2,1-4H3. The van der Waals surface area contributed by atoms with Crippen molar-refractivity contribution in [2.45, 2.75) is 71.6 Å². The second kappa shape index (κ2) is 7.02. The van der Waals surface area contributed by atoms with E-state index in [9.17, 15) is 0 Å². The molecular formula is C18H28ClNO. The van der Waals surface area contributed by atoms with Crippen molar-refractivity contribution in [3.8, 4) is 5.75 Å². The molecule has 0 radical (unpaired) electrons. The largest absolute Gasteiger partial charge is 0.490 e. The van der Waals surface area contributed by atoms with Gasteiger partial charge in [-0.3, -0.25) is 0 Å². The number of nitrogens with one attached hydrogen (secondary N) is 1. The average Bonchev–Trinajstić information content (AvgIpc) is 2.38. The molecule has 3 heteroatoms. The van der Waals surface area contributed by atoms with Crippen LogP contribution in [0.3, 0.4) is 0 Å². The van der Waals surface area contributed by atoms with Crippen molar-refractivity contribution < 1.29 is 4.74 Å². The quantitative estimate of drug-likeness (QED) is 0.827. The summed E-state index contributed by atoms with van der Waals surface area (Å²) < 4.78 is 6.28. The summed E-state index contributed by atoms with van der Waals surface area (Å²) >= 11 is 6.15. The van der Waals surface area contributed by atoms with E-state index in [0.717, 1.165) is 35.2 Å². The highest BCUT2D eigenvalue weighted by molar-refractivity contribution is 6.30. The normalized spacial score (nSPS) is 23.1. The summed E-state index contributed by atoms with van der Waals surface area (Å²) in [6, 6.07) is 5.95. The van der Waals surface area contributed by atoms with Crippen molar-refractivity contribution in [3.05, 3.63) is 28.8 Å². The molecule has 0 saturated heterocycles. The van der Waals surface area contributed by atoms with E-state index in [1.54, 1.807) is 0 Å². The van der Waals surface area contributed by atoms with Crippen LogP contribution in [0.1, 0.15) is 58.9 Å². The molecule has 0 bridgehead atoms. The summed E-state index contributed by atoms with van der Waals surface area (Å²) in [5.41, 5.74) is 1.23. The highest BCUT2D eigenvalue weighted by Gasteiger charge is 2.21. The number of hydrogen-bond donors (Lipinski definition) is 1. The van der Waals surface area contributed by atoms with E-state index in [1.165, 1.54) is 19.3 Å². The molecule has 0 amide bonds. The minimum Gasteiger partial charge on any atom is -0.490 e. The minimum absolute atomic E-state index is 0.0823. The Labute approximate surface area is 134 Å². The van der Waals surface area contributed by atoms with Crippen molar-refractivity contribution in [1.82, 2.24) is 5.32 Å².